The van der Waals surface area contributed by atoms with Crippen molar-refractivity contribution in [2.24, 2.45) is 5.10 Å². The van der Waals surface area contributed by atoms with Crippen LogP contribution in [0.25, 0.3) is 0 Å². The first-order valence-corrected chi connectivity index (χ1v) is 15.6. The number of carbonyl (C=O) groups excluding carboxylic acids is 2. The minimum absolute atomic E-state index is 0.0304. The lowest BCUT2D eigenvalue weighted by Gasteiger charge is -2.30. The number of para-hydroxylation sites is 1. The van der Waals surface area contributed by atoms with Crippen molar-refractivity contribution < 1.29 is 33.5 Å². The summed E-state index contributed by atoms with van der Waals surface area (Å²) in [5.74, 6) is 0.169. The Labute approximate surface area is 284 Å². The van der Waals surface area contributed by atoms with Crippen molar-refractivity contribution >= 4 is 57.0 Å². The van der Waals surface area contributed by atoms with E-state index in [1.165, 1.54) is 18.3 Å². The maximum absolute atomic E-state index is 12.8. The van der Waals surface area contributed by atoms with Crippen molar-refractivity contribution in [1.82, 2.24) is 16.1 Å². The fourth-order valence-corrected chi connectivity index (χ4v) is 5.44. The highest BCUT2D eigenvalue weighted by atomic mass is 79.9. The normalized spacial score (nSPS) is 14.2. The van der Waals surface area contributed by atoms with E-state index in [1.54, 1.807) is 62.4 Å². The predicted octanol–water partition coefficient (Wildman–Crippen LogP) is 5.22. The van der Waals surface area contributed by atoms with Gasteiger partial charge in [-0.1, -0.05) is 30.3 Å². The molecule has 47 heavy (non-hydrogen) atoms. The number of nitro groups is 1. The number of carbonyl (C=O) groups is 2. The molecule has 4 rings (SSSR count). The zero-order chi connectivity index (χ0) is 33.9. The second-order valence-electron chi connectivity index (χ2n) is 9.89. The summed E-state index contributed by atoms with van der Waals surface area (Å²) < 4.78 is 23.3. The highest BCUT2D eigenvalue weighted by Crippen LogP contribution is 2.37. The molecule has 0 saturated carbocycles. The Balaban J connectivity index is 1.41. The summed E-state index contributed by atoms with van der Waals surface area (Å²) in [6, 6.07) is 15.9. The summed E-state index contributed by atoms with van der Waals surface area (Å²) in [6.45, 7) is 5.55. The van der Waals surface area contributed by atoms with Crippen molar-refractivity contribution in [2.75, 3.05) is 19.8 Å². The minimum atomic E-state index is -0.656. The Kier molecular flexibility index (Phi) is 12.2. The van der Waals surface area contributed by atoms with E-state index in [2.05, 4.69) is 37.1 Å². The predicted molar refractivity (Wildman–Crippen MR) is 181 cm³/mol. The van der Waals surface area contributed by atoms with Gasteiger partial charge in [0.2, 0.25) is 0 Å². The van der Waals surface area contributed by atoms with Gasteiger partial charge in [0.15, 0.2) is 23.2 Å². The molecule has 0 fully saturated rings. The zero-order valence-electron chi connectivity index (χ0n) is 25.7. The van der Waals surface area contributed by atoms with Crippen LogP contribution in [0.1, 0.15) is 43.5 Å². The Morgan fingerprint density at radius 2 is 1.85 bits per heavy atom. The quantitative estimate of drug-likeness (QED) is 0.0657. The van der Waals surface area contributed by atoms with Crippen molar-refractivity contribution in [3.05, 3.63) is 103 Å². The van der Waals surface area contributed by atoms with E-state index in [0.29, 0.717) is 61.4 Å². The number of thiocarbonyl (C=S) groups is 1. The number of nitrogens with one attached hydrogen (secondary N) is 3. The third-order valence-corrected chi connectivity index (χ3v) is 7.40. The summed E-state index contributed by atoms with van der Waals surface area (Å²) in [6.07, 6.45) is 1.43. The molecule has 1 atom stereocenters. The first-order valence-electron chi connectivity index (χ1n) is 14.4. The summed E-state index contributed by atoms with van der Waals surface area (Å²) in [5.41, 5.74) is 5.12. The number of allylic oxidation sites excluding steroid dienone is 1. The molecule has 3 N–H and O–H groups in total. The number of ether oxygens (including phenoxy) is 4. The number of nitrogens with zero attached hydrogens (tertiary/aromatic N) is 2. The number of rotatable bonds is 14. The van der Waals surface area contributed by atoms with Gasteiger partial charge in [0.05, 0.1) is 40.4 Å². The van der Waals surface area contributed by atoms with Crippen LogP contribution in [0.5, 0.6) is 17.2 Å². The average Bonchev–Trinajstić information content (AvgIpc) is 3.03. The third kappa shape index (κ3) is 9.26. The highest BCUT2D eigenvalue weighted by molar-refractivity contribution is 9.10. The van der Waals surface area contributed by atoms with Gasteiger partial charge in [-0.25, -0.2) is 10.2 Å². The maximum atomic E-state index is 12.8. The van der Waals surface area contributed by atoms with E-state index in [4.69, 9.17) is 31.2 Å². The van der Waals surface area contributed by atoms with Gasteiger partial charge in [-0.05, 0) is 78.2 Å². The number of amides is 1. The van der Waals surface area contributed by atoms with Crippen LogP contribution in [0.2, 0.25) is 0 Å². The largest absolute Gasteiger partial charge is 0.490 e. The van der Waals surface area contributed by atoms with Crippen LogP contribution in [-0.2, 0) is 20.9 Å². The first-order chi connectivity index (χ1) is 22.6. The van der Waals surface area contributed by atoms with Crippen LogP contribution >= 0.6 is 28.1 Å². The van der Waals surface area contributed by atoms with Crippen LogP contribution in [0.4, 0.5) is 5.69 Å². The molecule has 0 radical (unpaired) electrons. The molecule has 1 amide bonds. The number of hydrazone groups is 1. The van der Waals surface area contributed by atoms with Crippen LogP contribution in [-0.4, -0.2) is 47.9 Å². The van der Waals surface area contributed by atoms with E-state index in [-0.39, 0.29) is 25.5 Å². The molecule has 13 nitrogen and oxygen atoms in total. The number of hydrogen-bond acceptors (Lipinski definition) is 10. The lowest BCUT2D eigenvalue weighted by molar-refractivity contribution is -0.384. The summed E-state index contributed by atoms with van der Waals surface area (Å²) in [5, 5.41) is 21.5. The maximum Gasteiger partial charge on any atom is 0.338 e. The Morgan fingerprint density at radius 3 is 2.60 bits per heavy atom. The number of hydrogen-bond donors (Lipinski definition) is 3. The van der Waals surface area contributed by atoms with Gasteiger partial charge >= 0.3 is 5.97 Å². The molecule has 3 aromatic rings. The SMILES string of the molecule is CCOC(=O)C1=C(C)NC(=S)N[C@@H]1c1ccccc1OCC(=O)NN=Cc1cc(Br)c(OCc2cccc([N+](=O)[O-])c2)c(OCC)c1. The molecule has 3 aromatic carbocycles. The molecule has 1 heterocycles. The fraction of sp³-hybridized carbons (Fsp3) is 0.250. The highest BCUT2D eigenvalue weighted by Gasteiger charge is 2.32. The number of halogens is 1. The molecule has 0 saturated heterocycles. The lowest BCUT2D eigenvalue weighted by atomic mass is 9.95. The van der Waals surface area contributed by atoms with Gasteiger partial charge in [-0.15, -0.1) is 0 Å². The van der Waals surface area contributed by atoms with E-state index in [1.807, 2.05) is 6.92 Å². The Morgan fingerprint density at radius 1 is 1.06 bits per heavy atom. The van der Waals surface area contributed by atoms with Gasteiger partial charge in [0.1, 0.15) is 12.4 Å². The summed E-state index contributed by atoms with van der Waals surface area (Å²) in [7, 11) is 0. The van der Waals surface area contributed by atoms with Crippen LogP contribution in [0.15, 0.2) is 81.5 Å². The second-order valence-corrected chi connectivity index (χ2v) is 11.2. The van der Waals surface area contributed by atoms with Gasteiger partial charge in [-0.3, -0.25) is 14.9 Å². The van der Waals surface area contributed by atoms with Crippen LogP contribution in [0, 0.1) is 10.1 Å². The molecule has 0 bridgehead atoms. The molecule has 0 unspecified atom stereocenters. The smallest absolute Gasteiger partial charge is 0.338 e. The van der Waals surface area contributed by atoms with E-state index in [9.17, 15) is 19.7 Å². The topological polar surface area (TPSA) is 163 Å². The average molecular weight is 727 g/mol. The molecule has 1 aliphatic rings. The van der Waals surface area contributed by atoms with E-state index in [0.717, 1.165) is 0 Å². The van der Waals surface area contributed by atoms with E-state index >= 15 is 0 Å². The Hall–Kier alpha value is -5.02. The lowest BCUT2D eigenvalue weighted by Crippen LogP contribution is -2.45. The van der Waals surface area contributed by atoms with Crippen molar-refractivity contribution in [3.63, 3.8) is 0 Å². The molecular formula is C32H32BrN5O8S. The number of esters is 1. The molecular weight excluding hydrogens is 694 g/mol. The van der Waals surface area contributed by atoms with E-state index < -0.39 is 22.8 Å². The zero-order valence-corrected chi connectivity index (χ0v) is 28.1. The minimum Gasteiger partial charge on any atom is -0.490 e. The van der Waals surface area contributed by atoms with Crippen molar-refractivity contribution in [1.29, 1.82) is 0 Å². The van der Waals surface area contributed by atoms with Gasteiger partial charge < -0.3 is 29.6 Å². The van der Waals surface area contributed by atoms with Gasteiger partial charge in [0, 0.05) is 23.4 Å². The number of non-ortho nitro benzene ring substituents is 1. The van der Waals surface area contributed by atoms with Crippen LogP contribution in [0.3, 0.4) is 0 Å². The number of nitro benzene ring substituents is 1. The number of benzene rings is 3. The third-order valence-electron chi connectivity index (χ3n) is 6.59. The van der Waals surface area contributed by atoms with Crippen LogP contribution < -0.4 is 30.3 Å². The molecule has 0 spiro atoms. The first kappa shape index (κ1) is 34.8. The Bertz CT molecular complexity index is 1730. The summed E-state index contributed by atoms with van der Waals surface area (Å²) >= 11 is 8.81. The second kappa shape index (κ2) is 16.5. The monoisotopic (exact) mass is 725 g/mol. The molecule has 0 aromatic heterocycles. The van der Waals surface area contributed by atoms with Crippen molar-refractivity contribution in [2.45, 2.75) is 33.4 Å². The molecule has 15 heteroatoms. The fourth-order valence-electron chi connectivity index (χ4n) is 4.59. The summed E-state index contributed by atoms with van der Waals surface area (Å²) in [4.78, 5) is 36.1. The standard InChI is InChI=1S/C32H32BrN5O8S/c1-4-43-26-15-21(14-24(33)30(26)46-17-20-9-8-10-22(13-20)38(41)42)16-34-37-27(39)18-45-25-12-7-6-11-23(25)29-28(31(40)44-5-2)19(3)35-32(47)36-29/h6-16,29H,4-5,17-18H2,1-3H3,(H,37,39)(H2,35,36,47)/t29-/m1/s1. The van der Waals surface area contributed by atoms with Gasteiger partial charge in [0.25, 0.3) is 11.6 Å². The molecule has 1 aliphatic heterocycles. The van der Waals surface area contributed by atoms with Crippen molar-refractivity contribution in [3.8, 4) is 17.2 Å². The van der Waals surface area contributed by atoms with Gasteiger partial charge in [-0.2, -0.15) is 5.10 Å². The molecule has 246 valence electrons. The molecule has 0 aliphatic carbocycles.